The van der Waals surface area contributed by atoms with Crippen molar-refractivity contribution in [2.45, 2.75) is 13.0 Å². The molecular weight excluding hydrogens is 313 g/mol. The van der Waals surface area contributed by atoms with Crippen molar-refractivity contribution in [3.05, 3.63) is 39.2 Å². The highest BCUT2D eigenvalue weighted by molar-refractivity contribution is 14.1. The van der Waals surface area contributed by atoms with Gasteiger partial charge in [-0.3, -0.25) is 5.10 Å². The maximum Gasteiger partial charge on any atom is 0.0565 e. The summed E-state index contributed by atoms with van der Waals surface area (Å²) in [6.07, 6.45) is 4.94. The van der Waals surface area contributed by atoms with Crippen molar-refractivity contribution in [3.8, 4) is 11.1 Å². The summed E-state index contributed by atoms with van der Waals surface area (Å²) in [4.78, 5) is 0. The van der Waals surface area contributed by atoms with E-state index in [0.717, 1.165) is 19.5 Å². The van der Waals surface area contributed by atoms with Gasteiger partial charge >= 0.3 is 0 Å². The molecule has 0 radical (unpaired) electrons. The summed E-state index contributed by atoms with van der Waals surface area (Å²) < 4.78 is 1.35. The van der Waals surface area contributed by atoms with E-state index in [1.165, 1.54) is 25.8 Å². The van der Waals surface area contributed by atoms with Crippen molar-refractivity contribution in [3.63, 3.8) is 0 Å². The molecule has 1 aromatic heterocycles. The fraction of sp³-hybridized carbons (Fsp3) is 0.250. The molecule has 1 aliphatic heterocycles. The molecular formula is C12H12IN3. The average Bonchev–Trinajstić information content (AvgIpc) is 2.82. The standard InChI is InChI=1S/C12H12IN3/c13-12-4-9(10-5-15-16-6-10)3-8-1-2-14-7-11(8)12/h3-6,14H,1-2,7H2,(H,15,16). The third kappa shape index (κ3) is 1.76. The van der Waals surface area contributed by atoms with Gasteiger partial charge in [0.15, 0.2) is 0 Å². The van der Waals surface area contributed by atoms with Gasteiger partial charge in [0.05, 0.1) is 6.20 Å². The molecule has 3 nitrogen and oxygen atoms in total. The monoisotopic (exact) mass is 325 g/mol. The number of fused-ring (bicyclic) bond motifs is 1. The minimum atomic E-state index is 0.999. The highest BCUT2D eigenvalue weighted by Gasteiger charge is 2.13. The van der Waals surface area contributed by atoms with E-state index in [4.69, 9.17) is 0 Å². The molecule has 0 bridgehead atoms. The summed E-state index contributed by atoms with van der Waals surface area (Å²) in [7, 11) is 0. The molecule has 2 N–H and O–H groups in total. The van der Waals surface area contributed by atoms with Gasteiger partial charge in [0, 0.05) is 21.9 Å². The largest absolute Gasteiger partial charge is 0.312 e. The van der Waals surface area contributed by atoms with Gasteiger partial charge in [-0.05, 0) is 58.3 Å². The van der Waals surface area contributed by atoms with E-state index < -0.39 is 0 Å². The van der Waals surface area contributed by atoms with Crippen LogP contribution in [0.2, 0.25) is 0 Å². The number of benzene rings is 1. The summed E-state index contributed by atoms with van der Waals surface area (Å²) in [6, 6.07) is 4.53. The van der Waals surface area contributed by atoms with Crippen LogP contribution in [0.1, 0.15) is 11.1 Å². The number of hydrogen-bond acceptors (Lipinski definition) is 2. The second-order valence-electron chi connectivity index (χ2n) is 4.01. The van der Waals surface area contributed by atoms with E-state index in [1.807, 2.05) is 12.4 Å². The van der Waals surface area contributed by atoms with Gasteiger partial charge < -0.3 is 5.32 Å². The number of H-pyrrole nitrogens is 1. The van der Waals surface area contributed by atoms with Crippen LogP contribution < -0.4 is 5.32 Å². The molecule has 0 aliphatic carbocycles. The normalized spacial score (nSPS) is 14.8. The zero-order chi connectivity index (χ0) is 11.0. The number of aromatic nitrogens is 2. The van der Waals surface area contributed by atoms with Crippen LogP contribution in [-0.4, -0.2) is 16.7 Å². The molecule has 0 amide bonds. The first-order valence-corrected chi connectivity index (χ1v) is 6.43. The van der Waals surface area contributed by atoms with Crippen LogP contribution in [0.4, 0.5) is 0 Å². The van der Waals surface area contributed by atoms with Crippen LogP contribution in [0.15, 0.2) is 24.5 Å². The second kappa shape index (κ2) is 4.18. The van der Waals surface area contributed by atoms with Crippen molar-refractivity contribution >= 4 is 22.6 Å². The fourth-order valence-electron chi connectivity index (χ4n) is 2.13. The zero-order valence-electron chi connectivity index (χ0n) is 8.76. The van der Waals surface area contributed by atoms with Gasteiger partial charge in [0.2, 0.25) is 0 Å². The molecule has 0 fully saturated rings. The molecule has 82 valence electrons. The third-order valence-electron chi connectivity index (χ3n) is 2.99. The van der Waals surface area contributed by atoms with Crippen molar-refractivity contribution in [2.75, 3.05) is 6.54 Å². The van der Waals surface area contributed by atoms with E-state index in [0.29, 0.717) is 0 Å². The van der Waals surface area contributed by atoms with Crippen molar-refractivity contribution in [1.29, 1.82) is 0 Å². The molecule has 0 saturated heterocycles. The highest BCUT2D eigenvalue weighted by atomic mass is 127. The van der Waals surface area contributed by atoms with Crippen molar-refractivity contribution in [1.82, 2.24) is 15.5 Å². The lowest BCUT2D eigenvalue weighted by molar-refractivity contribution is 0.641. The van der Waals surface area contributed by atoms with E-state index in [2.05, 4.69) is 50.2 Å². The minimum absolute atomic E-state index is 0.999. The van der Waals surface area contributed by atoms with Crippen LogP contribution in [0.25, 0.3) is 11.1 Å². The lowest BCUT2D eigenvalue weighted by atomic mass is 9.96. The Morgan fingerprint density at radius 3 is 3.00 bits per heavy atom. The van der Waals surface area contributed by atoms with E-state index in [1.54, 1.807) is 0 Å². The topological polar surface area (TPSA) is 40.7 Å². The molecule has 0 unspecified atom stereocenters. The number of hydrogen-bond donors (Lipinski definition) is 2. The van der Waals surface area contributed by atoms with Crippen LogP contribution in [0.5, 0.6) is 0 Å². The maximum atomic E-state index is 4.00. The van der Waals surface area contributed by atoms with Gasteiger partial charge in [0.25, 0.3) is 0 Å². The van der Waals surface area contributed by atoms with Crippen molar-refractivity contribution < 1.29 is 0 Å². The van der Waals surface area contributed by atoms with E-state index >= 15 is 0 Å². The van der Waals surface area contributed by atoms with Crippen molar-refractivity contribution in [2.24, 2.45) is 0 Å². The summed E-state index contributed by atoms with van der Waals surface area (Å²) >= 11 is 2.42. The molecule has 0 spiro atoms. The summed E-state index contributed by atoms with van der Waals surface area (Å²) in [5.74, 6) is 0. The lowest BCUT2D eigenvalue weighted by Crippen LogP contribution is -2.24. The predicted molar refractivity (Wildman–Crippen MR) is 72.2 cm³/mol. The van der Waals surface area contributed by atoms with Gasteiger partial charge in [-0.15, -0.1) is 0 Å². The molecule has 4 heteroatoms. The highest BCUT2D eigenvalue weighted by Crippen LogP contribution is 2.27. The zero-order valence-corrected chi connectivity index (χ0v) is 10.9. The van der Waals surface area contributed by atoms with Gasteiger partial charge in [-0.1, -0.05) is 6.07 Å². The van der Waals surface area contributed by atoms with Gasteiger partial charge in [-0.2, -0.15) is 5.10 Å². The quantitative estimate of drug-likeness (QED) is 0.790. The first kappa shape index (κ1) is 10.3. The van der Waals surface area contributed by atoms with Crippen LogP contribution in [0, 0.1) is 3.57 Å². The lowest BCUT2D eigenvalue weighted by Gasteiger charge is -2.19. The van der Waals surface area contributed by atoms with Gasteiger partial charge in [0.1, 0.15) is 0 Å². The Balaban J connectivity index is 2.12. The summed E-state index contributed by atoms with van der Waals surface area (Å²) in [5, 5.41) is 10.3. The fourth-order valence-corrected chi connectivity index (χ4v) is 3.00. The summed E-state index contributed by atoms with van der Waals surface area (Å²) in [5.41, 5.74) is 5.36. The predicted octanol–water partition coefficient (Wildman–Crippen LogP) is 2.33. The van der Waals surface area contributed by atoms with Crippen LogP contribution in [-0.2, 0) is 13.0 Å². The molecule has 0 saturated carbocycles. The maximum absolute atomic E-state index is 4.00. The number of nitrogens with one attached hydrogen (secondary N) is 2. The number of aromatic amines is 1. The summed E-state index contributed by atoms with van der Waals surface area (Å²) in [6.45, 7) is 2.08. The Hall–Kier alpha value is -0.880. The third-order valence-corrected chi connectivity index (χ3v) is 3.95. The molecule has 0 atom stereocenters. The molecule has 1 aromatic carbocycles. The van der Waals surface area contributed by atoms with Crippen LogP contribution >= 0.6 is 22.6 Å². The Labute approximate surface area is 108 Å². The number of halogens is 1. The molecule has 2 aromatic rings. The average molecular weight is 325 g/mol. The van der Waals surface area contributed by atoms with Crippen LogP contribution in [0.3, 0.4) is 0 Å². The first-order chi connectivity index (χ1) is 7.84. The second-order valence-corrected chi connectivity index (χ2v) is 5.17. The Morgan fingerprint density at radius 2 is 2.19 bits per heavy atom. The molecule has 3 rings (SSSR count). The minimum Gasteiger partial charge on any atom is -0.312 e. The van der Waals surface area contributed by atoms with E-state index in [-0.39, 0.29) is 0 Å². The number of nitrogens with zero attached hydrogens (tertiary/aromatic N) is 1. The first-order valence-electron chi connectivity index (χ1n) is 5.36. The Kier molecular flexibility index (Phi) is 2.69. The Morgan fingerprint density at radius 1 is 1.25 bits per heavy atom. The molecule has 16 heavy (non-hydrogen) atoms. The number of rotatable bonds is 1. The Bertz CT molecular complexity index is 505. The molecule has 1 aliphatic rings. The molecule has 2 heterocycles. The smallest absolute Gasteiger partial charge is 0.0565 e. The van der Waals surface area contributed by atoms with E-state index in [9.17, 15) is 0 Å². The SMILES string of the molecule is Ic1cc(-c2cn[nH]c2)cc2c1CNCC2. The van der Waals surface area contributed by atoms with Gasteiger partial charge in [-0.25, -0.2) is 0 Å².